The summed E-state index contributed by atoms with van der Waals surface area (Å²) in [6.07, 6.45) is -4.76. The molecule has 1 rings (SSSR count). The lowest BCUT2D eigenvalue weighted by atomic mass is 10.0. The van der Waals surface area contributed by atoms with Crippen LogP contribution in [0, 0.1) is 0 Å². The van der Waals surface area contributed by atoms with Crippen LogP contribution in [-0.2, 0) is 10.9 Å². The average Bonchev–Trinajstić information content (AvgIpc) is 2.35. The van der Waals surface area contributed by atoms with Crippen molar-refractivity contribution >= 4 is 22.7 Å². The second-order valence-corrected chi connectivity index (χ2v) is 3.50. The van der Waals surface area contributed by atoms with Crippen LogP contribution < -0.4 is 0 Å². The summed E-state index contributed by atoms with van der Waals surface area (Å²) in [6.45, 7) is 0. The molecule has 0 saturated heterocycles. The number of methoxy groups -OCH3 is 1. The van der Waals surface area contributed by atoms with E-state index in [0.29, 0.717) is 6.07 Å². The number of ether oxygens (including phenoxy) is 1. The van der Waals surface area contributed by atoms with Crippen molar-refractivity contribution in [3.63, 3.8) is 0 Å². The molecule has 0 radical (unpaired) electrons. The molecule has 1 N–H and O–H groups in total. The van der Waals surface area contributed by atoms with Crippen LogP contribution in [-0.4, -0.2) is 23.5 Å². The third-order valence-electron chi connectivity index (χ3n) is 2.06. The molecule has 0 unspecified atom stereocenters. The molecule has 0 atom stereocenters. The van der Waals surface area contributed by atoms with Gasteiger partial charge < -0.3 is 9.94 Å². The van der Waals surface area contributed by atoms with E-state index in [-0.39, 0.29) is 5.56 Å². The van der Waals surface area contributed by atoms with Crippen LogP contribution in [0.1, 0.15) is 21.5 Å². The molecule has 18 heavy (non-hydrogen) atoms. The third-order valence-corrected chi connectivity index (χ3v) is 2.35. The Morgan fingerprint density at radius 3 is 2.50 bits per heavy atom. The zero-order valence-corrected chi connectivity index (χ0v) is 9.71. The zero-order chi connectivity index (χ0) is 13.9. The van der Waals surface area contributed by atoms with E-state index < -0.39 is 28.4 Å². The van der Waals surface area contributed by atoms with Gasteiger partial charge in [0.1, 0.15) is 0 Å². The Balaban J connectivity index is 3.44. The molecular formula is C10H7ClF3NO3. The monoisotopic (exact) mass is 281 g/mol. The van der Waals surface area contributed by atoms with Gasteiger partial charge in [-0.1, -0.05) is 22.8 Å². The Bertz CT molecular complexity index is 500. The Morgan fingerprint density at radius 1 is 1.44 bits per heavy atom. The fourth-order valence-corrected chi connectivity index (χ4v) is 1.37. The van der Waals surface area contributed by atoms with E-state index in [1.165, 1.54) is 0 Å². The summed E-state index contributed by atoms with van der Waals surface area (Å²) in [5, 5.41) is 10.4. The molecule has 0 fully saturated rings. The standard InChI is InChI=1S/C10H7ClF3NO3/c1-18-9(16)6-3-2-5(8(11)15-17)4-7(6)10(12,13)14/h2-4,17H,1H3/b15-8-. The maximum Gasteiger partial charge on any atom is 0.417 e. The molecule has 0 aliphatic carbocycles. The van der Waals surface area contributed by atoms with Crippen LogP contribution >= 0.6 is 11.6 Å². The zero-order valence-electron chi connectivity index (χ0n) is 8.95. The van der Waals surface area contributed by atoms with Crippen molar-refractivity contribution < 1.29 is 27.9 Å². The van der Waals surface area contributed by atoms with E-state index in [4.69, 9.17) is 16.8 Å². The number of hydrogen-bond acceptors (Lipinski definition) is 4. The summed E-state index contributed by atoms with van der Waals surface area (Å²) in [7, 11) is 0.971. The van der Waals surface area contributed by atoms with Crippen molar-refractivity contribution in [1.82, 2.24) is 0 Å². The van der Waals surface area contributed by atoms with Gasteiger partial charge >= 0.3 is 12.1 Å². The van der Waals surface area contributed by atoms with Gasteiger partial charge in [-0.15, -0.1) is 0 Å². The third kappa shape index (κ3) is 2.92. The number of hydrogen-bond donors (Lipinski definition) is 1. The van der Waals surface area contributed by atoms with Gasteiger partial charge in [0.15, 0.2) is 5.17 Å². The van der Waals surface area contributed by atoms with Crippen molar-refractivity contribution in [2.24, 2.45) is 5.16 Å². The predicted molar refractivity (Wildman–Crippen MR) is 57.0 cm³/mol. The highest BCUT2D eigenvalue weighted by atomic mass is 35.5. The first-order chi connectivity index (χ1) is 8.31. The molecule has 0 aliphatic heterocycles. The van der Waals surface area contributed by atoms with Crippen LogP contribution in [0.2, 0.25) is 0 Å². The normalized spacial score (nSPS) is 12.4. The van der Waals surface area contributed by atoms with E-state index in [2.05, 4.69) is 9.89 Å². The minimum atomic E-state index is -4.76. The molecule has 0 heterocycles. The minimum absolute atomic E-state index is 0.167. The van der Waals surface area contributed by atoms with Crippen molar-refractivity contribution in [2.75, 3.05) is 7.11 Å². The molecule has 0 aromatic heterocycles. The number of esters is 1. The lowest BCUT2D eigenvalue weighted by molar-refractivity contribution is -0.138. The Kier molecular flexibility index (Phi) is 4.18. The number of carbonyl (C=O) groups excluding carboxylic acids is 1. The van der Waals surface area contributed by atoms with Gasteiger partial charge in [-0.2, -0.15) is 13.2 Å². The molecule has 1 aromatic rings. The number of carbonyl (C=O) groups is 1. The predicted octanol–water partition coefficient (Wildman–Crippen LogP) is 2.87. The Morgan fingerprint density at radius 2 is 2.06 bits per heavy atom. The highest BCUT2D eigenvalue weighted by Crippen LogP contribution is 2.33. The van der Waals surface area contributed by atoms with Crippen LogP contribution in [0.3, 0.4) is 0 Å². The summed E-state index contributed by atoms with van der Waals surface area (Å²) in [4.78, 5) is 11.2. The van der Waals surface area contributed by atoms with Crippen LogP contribution in [0.5, 0.6) is 0 Å². The summed E-state index contributed by atoms with van der Waals surface area (Å²) < 4.78 is 42.5. The molecule has 0 spiro atoms. The van der Waals surface area contributed by atoms with E-state index in [1.54, 1.807) is 0 Å². The number of rotatable bonds is 2. The highest BCUT2D eigenvalue weighted by Gasteiger charge is 2.36. The largest absolute Gasteiger partial charge is 0.465 e. The van der Waals surface area contributed by atoms with Gasteiger partial charge in [0.05, 0.1) is 18.2 Å². The number of halogens is 4. The van der Waals surface area contributed by atoms with Gasteiger partial charge in [-0.05, 0) is 12.1 Å². The fourth-order valence-electron chi connectivity index (χ4n) is 1.25. The van der Waals surface area contributed by atoms with E-state index in [9.17, 15) is 18.0 Å². The molecule has 0 bridgehead atoms. The van der Waals surface area contributed by atoms with Crippen LogP contribution in [0.15, 0.2) is 23.4 Å². The van der Waals surface area contributed by atoms with E-state index in [0.717, 1.165) is 19.2 Å². The molecule has 8 heteroatoms. The maximum atomic E-state index is 12.7. The van der Waals surface area contributed by atoms with Gasteiger partial charge in [0.25, 0.3) is 0 Å². The summed E-state index contributed by atoms with van der Waals surface area (Å²) in [5.41, 5.74) is -2.02. The second-order valence-electron chi connectivity index (χ2n) is 3.14. The summed E-state index contributed by atoms with van der Waals surface area (Å²) >= 11 is 5.39. The van der Waals surface area contributed by atoms with E-state index in [1.807, 2.05) is 0 Å². The Hall–Kier alpha value is -1.76. The lowest BCUT2D eigenvalue weighted by Crippen LogP contribution is -2.15. The van der Waals surface area contributed by atoms with Gasteiger partial charge in [-0.3, -0.25) is 0 Å². The lowest BCUT2D eigenvalue weighted by Gasteiger charge is -2.12. The maximum absolute atomic E-state index is 12.7. The molecule has 98 valence electrons. The minimum Gasteiger partial charge on any atom is -0.465 e. The molecule has 1 aromatic carbocycles. The first-order valence-electron chi connectivity index (χ1n) is 4.48. The van der Waals surface area contributed by atoms with Gasteiger partial charge in [0, 0.05) is 5.56 Å². The first-order valence-corrected chi connectivity index (χ1v) is 4.86. The first kappa shape index (κ1) is 14.3. The topological polar surface area (TPSA) is 58.9 Å². The number of nitrogens with zero attached hydrogens (tertiary/aromatic N) is 1. The van der Waals surface area contributed by atoms with Crippen molar-refractivity contribution in [1.29, 1.82) is 0 Å². The quantitative estimate of drug-likeness (QED) is 0.392. The van der Waals surface area contributed by atoms with E-state index >= 15 is 0 Å². The highest BCUT2D eigenvalue weighted by molar-refractivity contribution is 6.69. The van der Waals surface area contributed by atoms with Crippen molar-refractivity contribution in [3.8, 4) is 0 Å². The average molecular weight is 282 g/mol. The number of oxime groups is 1. The van der Waals surface area contributed by atoms with Gasteiger partial charge in [-0.25, -0.2) is 4.79 Å². The molecular weight excluding hydrogens is 275 g/mol. The summed E-state index contributed by atoms with van der Waals surface area (Å²) in [5.74, 6) is -1.12. The Labute approximate surface area is 105 Å². The summed E-state index contributed by atoms with van der Waals surface area (Å²) in [6, 6.07) is 2.62. The SMILES string of the molecule is COC(=O)c1ccc(/C(Cl)=N/O)cc1C(F)(F)F. The smallest absolute Gasteiger partial charge is 0.417 e. The molecule has 4 nitrogen and oxygen atoms in total. The van der Waals surface area contributed by atoms with Crippen LogP contribution in [0.4, 0.5) is 13.2 Å². The van der Waals surface area contributed by atoms with Gasteiger partial charge in [0.2, 0.25) is 0 Å². The molecule has 0 aliphatic rings. The fraction of sp³-hybridized carbons (Fsp3) is 0.200. The van der Waals surface area contributed by atoms with Crippen molar-refractivity contribution in [3.05, 3.63) is 34.9 Å². The molecule has 0 saturated carbocycles. The number of alkyl halides is 3. The van der Waals surface area contributed by atoms with Crippen LogP contribution in [0.25, 0.3) is 0 Å². The molecule has 0 amide bonds. The number of benzene rings is 1. The van der Waals surface area contributed by atoms with Crippen molar-refractivity contribution in [2.45, 2.75) is 6.18 Å². The second kappa shape index (κ2) is 5.26.